The summed E-state index contributed by atoms with van der Waals surface area (Å²) in [6.07, 6.45) is 0.321. The number of amides is 1. The maximum Gasteiger partial charge on any atom is 0.359 e. The standard InChI is InChI=1S/C21H23N3O5S/c1-5-29-21(27)18-15-11-30-19(22-16(25)10-12(2)3)17(15)20(26)24(23-18)13-6-8-14(28-4)9-7-13/h6-9,11-12H,5,10H2,1-4H3,(H,22,25). The number of nitrogens with zero attached hydrogens (tertiary/aromatic N) is 2. The van der Waals surface area contributed by atoms with Crippen molar-refractivity contribution in [2.24, 2.45) is 5.92 Å². The fraction of sp³-hybridized carbons (Fsp3) is 0.333. The Bertz CT molecular complexity index is 1130. The minimum absolute atomic E-state index is 0.0166. The number of esters is 1. The number of rotatable bonds is 7. The Labute approximate surface area is 177 Å². The number of benzene rings is 1. The molecule has 0 saturated carbocycles. The van der Waals surface area contributed by atoms with Crippen LogP contribution in [0.2, 0.25) is 0 Å². The number of aromatic nitrogens is 2. The summed E-state index contributed by atoms with van der Waals surface area (Å²) in [5.74, 6) is -0.0409. The average molecular weight is 429 g/mol. The minimum atomic E-state index is -0.636. The van der Waals surface area contributed by atoms with Crippen LogP contribution >= 0.6 is 11.3 Å². The highest BCUT2D eigenvalue weighted by molar-refractivity contribution is 7.16. The molecule has 1 amide bonds. The maximum atomic E-state index is 13.3. The summed E-state index contributed by atoms with van der Waals surface area (Å²) >= 11 is 1.18. The van der Waals surface area contributed by atoms with Gasteiger partial charge < -0.3 is 14.8 Å². The van der Waals surface area contributed by atoms with Gasteiger partial charge in [-0.1, -0.05) is 13.8 Å². The van der Waals surface area contributed by atoms with E-state index in [-0.39, 0.29) is 29.5 Å². The van der Waals surface area contributed by atoms with E-state index < -0.39 is 11.5 Å². The number of carbonyl (C=O) groups excluding carboxylic acids is 2. The fourth-order valence-corrected chi connectivity index (χ4v) is 3.89. The van der Waals surface area contributed by atoms with Crippen LogP contribution in [0.3, 0.4) is 0 Å². The molecule has 0 bridgehead atoms. The number of anilines is 1. The Morgan fingerprint density at radius 2 is 1.93 bits per heavy atom. The lowest BCUT2D eigenvalue weighted by Crippen LogP contribution is -2.25. The molecule has 3 aromatic rings. The van der Waals surface area contributed by atoms with Crippen molar-refractivity contribution < 1.29 is 19.1 Å². The normalized spacial score (nSPS) is 11.0. The minimum Gasteiger partial charge on any atom is -0.497 e. The third-order valence-corrected chi connectivity index (χ3v) is 5.18. The van der Waals surface area contributed by atoms with Gasteiger partial charge in [0.2, 0.25) is 5.91 Å². The van der Waals surface area contributed by atoms with Crippen LogP contribution in [0.4, 0.5) is 5.00 Å². The molecule has 9 heteroatoms. The van der Waals surface area contributed by atoms with E-state index in [4.69, 9.17) is 9.47 Å². The van der Waals surface area contributed by atoms with Gasteiger partial charge in [-0.25, -0.2) is 4.79 Å². The van der Waals surface area contributed by atoms with Gasteiger partial charge in [-0.2, -0.15) is 9.78 Å². The molecule has 0 saturated heterocycles. The monoisotopic (exact) mass is 429 g/mol. The zero-order valence-corrected chi connectivity index (χ0v) is 18.0. The van der Waals surface area contributed by atoms with E-state index in [1.54, 1.807) is 43.7 Å². The van der Waals surface area contributed by atoms with Crippen molar-refractivity contribution >= 4 is 39.0 Å². The van der Waals surface area contributed by atoms with Gasteiger partial charge in [0.15, 0.2) is 5.69 Å². The van der Waals surface area contributed by atoms with Gasteiger partial charge in [0.25, 0.3) is 5.56 Å². The summed E-state index contributed by atoms with van der Waals surface area (Å²) < 4.78 is 11.4. The second kappa shape index (κ2) is 9.08. The lowest BCUT2D eigenvalue weighted by molar-refractivity contribution is -0.116. The van der Waals surface area contributed by atoms with Crippen molar-refractivity contribution in [1.82, 2.24) is 9.78 Å². The lowest BCUT2D eigenvalue weighted by Gasteiger charge is -2.10. The van der Waals surface area contributed by atoms with Crippen LogP contribution in [0.25, 0.3) is 16.5 Å². The summed E-state index contributed by atoms with van der Waals surface area (Å²) in [6, 6.07) is 6.71. The molecule has 1 aromatic carbocycles. The second-order valence-electron chi connectivity index (χ2n) is 6.98. The van der Waals surface area contributed by atoms with Gasteiger partial charge in [0.05, 0.1) is 24.8 Å². The van der Waals surface area contributed by atoms with Crippen LogP contribution in [-0.4, -0.2) is 35.4 Å². The van der Waals surface area contributed by atoms with Gasteiger partial charge in [0.1, 0.15) is 10.8 Å². The predicted octanol–water partition coefficient (Wildman–Crippen LogP) is 3.62. The maximum absolute atomic E-state index is 13.3. The highest BCUT2D eigenvalue weighted by Gasteiger charge is 2.23. The number of fused-ring (bicyclic) bond motifs is 1. The van der Waals surface area contributed by atoms with Crippen LogP contribution in [0, 0.1) is 5.92 Å². The summed E-state index contributed by atoms with van der Waals surface area (Å²) in [7, 11) is 1.54. The largest absolute Gasteiger partial charge is 0.497 e. The second-order valence-corrected chi connectivity index (χ2v) is 7.86. The van der Waals surface area contributed by atoms with Crippen molar-refractivity contribution in [3.05, 3.63) is 45.7 Å². The van der Waals surface area contributed by atoms with E-state index in [1.165, 1.54) is 11.3 Å². The summed E-state index contributed by atoms with van der Waals surface area (Å²) in [5.41, 5.74) is 0.0334. The zero-order valence-electron chi connectivity index (χ0n) is 17.2. The van der Waals surface area contributed by atoms with Crippen molar-refractivity contribution in [3.63, 3.8) is 0 Å². The van der Waals surface area contributed by atoms with Crippen LogP contribution in [0.5, 0.6) is 5.75 Å². The first-order valence-electron chi connectivity index (χ1n) is 9.51. The number of ether oxygens (including phenoxy) is 2. The molecule has 0 spiro atoms. The molecule has 2 heterocycles. The van der Waals surface area contributed by atoms with E-state index in [9.17, 15) is 14.4 Å². The van der Waals surface area contributed by atoms with Gasteiger partial charge >= 0.3 is 5.97 Å². The number of nitrogens with one attached hydrogen (secondary N) is 1. The summed E-state index contributed by atoms with van der Waals surface area (Å²) in [4.78, 5) is 38.1. The van der Waals surface area contributed by atoms with E-state index >= 15 is 0 Å². The molecule has 0 atom stereocenters. The van der Waals surface area contributed by atoms with E-state index in [0.717, 1.165) is 4.68 Å². The van der Waals surface area contributed by atoms with Crippen LogP contribution in [-0.2, 0) is 9.53 Å². The quantitative estimate of drug-likeness (QED) is 0.576. The van der Waals surface area contributed by atoms with E-state index in [2.05, 4.69) is 10.4 Å². The fourth-order valence-electron chi connectivity index (χ4n) is 2.94. The van der Waals surface area contributed by atoms with Crippen LogP contribution < -0.4 is 15.6 Å². The molecule has 158 valence electrons. The molecule has 2 aromatic heterocycles. The Morgan fingerprint density at radius 3 is 2.53 bits per heavy atom. The number of hydrogen-bond acceptors (Lipinski definition) is 7. The van der Waals surface area contributed by atoms with E-state index in [1.807, 2.05) is 13.8 Å². The number of methoxy groups -OCH3 is 1. The lowest BCUT2D eigenvalue weighted by atomic mass is 10.1. The highest BCUT2D eigenvalue weighted by Crippen LogP contribution is 2.31. The average Bonchev–Trinajstić information content (AvgIpc) is 3.12. The van der Waals surface area contributed by atoms with Crippen LogP contribution in [0.1, 0.15) is 37.7 Å². The molecule has 30 heavy (non-hydrogen) atoms. The molecular weight excluding hydrogens is 406 g/mol. The first-order chi connectivity index (χ1) is 14.3. The third-order valence-electron chi connectivity index (χ3n) is 4.28. The Morgan fingerprint density at radius 1 is 1.23 bits per heavy atom. The summed E-state index contributed by atoms with van der Waals surface area (Å²) in [5, 5.41) is 9.67. The Kier molecular flexibility index (Phi) is 6.51. The van der Waals surface area contributed by atoms with Gasteiger partial charge in [-0.3, -0.25) is 9.59 Å². The molecule has 0 fully saturated rings. The molecular formula is C21H23N3O5S. The third kappa shape index (κ3) is 4.35. The topological polar surface area (TPSA) is 99.5 Å². The van der Waals surface area contributed by atoms with Crippen LogP contribution in [0.15, 0.2) is 34.4 Å². The van der Waals surface area contributed by atoms with E-state index in [0.29, 0.717) is 28.2 Å². The summed E-state index contributed by atoms with van der Waals surface area (Å²) in [6.45, 7) is 5.74. The van der Waals surface area contributed by atoms with Crippen molar-refractivity contribution in [2.45, 2.75) is 27.2 Å². The van der Waals surface area contributed by atoms with Gasteiger partial charge in [-0.05, 0) is 37.1 Å². The SMILES string of the molecule is CCOC(=O)c1nn(-c2ccc(OC)cc2)c(=O)c2c(NC(=O)CC(C)C)scc12. The molecule has 0 unspecified atom stereocenters. The smallest absolute Gasteiger partial charge is 0.359 e. The number of carbonyl (C=O) groups is 2. The molecule has 0 aliphatic carbocycles. The molecule has 0 aliphatic heterocycles. The van der Waals surface area contributed by atoms with Crippen molar-refractivity contribution in [2.75, 3.05) is 19.0 Å². The predicted molar refractivity (Wildman–Crippen MR) is 116 cm³/mol. The molecule has 0 aliphatic rings. The van der Waals surface area contributed by atoms with Gasteiger partial charge in [0, 0.05) is 17.2 Å². The molecule has 3 rings (SSSR count). The highest BCUT2D eigenvalue weighted by atomic mass is 32.1. The number of thiophene rings is 1. The van der Waals surface area contributed by atoms with Gasteiger partial charge in [-0.15, -0.1) is 11.3 Å². The first-order valence-corrected chi connectivity index (χ1v) is 10.4. The van der Waals surface area contributed by atoms with Crippen molar-refractivity contribution in [3.8, 4) is 11.4 Å². The molecule has 1 N–H and O–H groups in total. The molecule has 8 nitrogen and oxygen atoms in total. The van der Waals surface area contributed by atoms with Crippen molar-refractivity contribution in [1.29, 1.82) is 0 Å². The Balaban J connectivity index is 2.19. The zero-order chi connectivity index (χ0) is 21.8. The number of hydrogen-bond donors (Lipinski definition) is 1. The molecule has 0 radical (unpaired) electrons. The first kappa shape index (κ1) is 21.5. The Hall–Kier alpha value is -3.20.